The van der Waals surface area contributed by atoms with E-state index in [1.807, 2.05) is 30.3 Å². The maximum absolute atomic E-state index is 13.5. The summed E-state index contributed by atoms with van der Waals surface area (Å²) in [4.78, 5) is 53.7. The van der Waals surface area contributed by atoms with Crippen molar-refractivity contribution in [2.75, 3.05) is 45.7 Å². The Balaban J connectivity index is 1.45. The van der Waals surface area contributed by atoms with Gasteiger partial charge in [-0.25, -0.2) is 13.1 Å². The second-order valence-electron chi connectivity index (χ2n) is 12.3. The average molecular weight is 635 g/mol. The van der Waals surface area contributed by atoms with Gasteiger partial charge in [0.05, 0.1) is 18.3 Å². The van der Waals surface area contributed by atoms with Crippen molar-refractivity contribution in [1.29, 1.82) is 0 Å². The number of amides is 3. The van der Waals surface area contributed by atoms with Crippen molar-refractivity contribution in [1.82, 2.24) is 19.8 Å². The van der Waals surface area contributed by atoms with Crippen LogP contribution in [-0.2, 0) is 40.4 Å². The zero-order chi connectivity index (χ0) is 32.3. The van der Waals surface area contributed by atoms with Crippen LogP contribution in [0.5, 0.6) is 0 Å². The molecule has 0 aliphatic carbocycles. The Morgan fingerprint density at radius 2 is 1.75 bits per heavy atom. The van der Waals surface area contributed by atoms with E-state index >= 15 is 0 Å². The summed E-state index contributed by atoms with van der Waals surface area (Å²) < 4.78 is 31.5. The van der Waals surface area contributed by atoms with Crippen LogP contribution in [0.15, 0.2) is 40.6 Å². The van der Waals surface area contributed by atoms with Gasteiger partial charge in [-0.3, -0.25) is 24.1 Å². The highest BCUT2D eigenvalue weighted by Gasteiger charge is 2.38. The minimum atomic E-state index is -3.65. The molecule has 2 fully saturated rings. The number of hydrogen-bond donors (Lipinski definition) is 2. The summed E-state index contributed by atoms with van der Waals surface area (Å²) in [7, 11) is -3.65. The Bertz CT molecular complexity index is 1280. The number of carbonyl (C=O) groups excluding carboxylic acids is 4. The van der Waals surface area contributed by atoms with Crippen LogP contribution in [0.1, 0.15) is 58.4 Å². The maximum Gasteiger partial charge on any atom is 0.302 e. The summed E-state index contributed by atoms with van der Waals surface area (Å²) in [6.45, 7) is 7.63. The third-order valence-corrected chi connectivity index (χ3v) is 8.80. The SMILES string of the molecule is CC(=O)OCCC(C)(C)C(=O)N=NCN1CCC(CNC(=O)[C@@H]2CCCN2C(=O)[C@@H](Cc2ccccc2)NS(C)(=O)=O)CC1. The van der Waals surface area contributed by atoms with E-state index in [4.69, 9.17) is 4.74 Å². The first kappa shape index (κ1) is 35.3. The number of nitrogens with zero attached hydrogens (tertiary/aromatic N) is 4. The fourth-order valence-electron chi connectivity index (χ4n) is 5.36. The summed E-state index contributed by atoms with van der Waals surface area (Å²) in [6.07, 6.45) is 4.44. The highest BCUT2D eigenvalue weighted by Crippen LogP contribution is 2.24. The van der Waals surface area contributed by atoms with Gasteiger partial charge < -0.3 is 15.0 Å². The molecule has 2 saturated heterocycles. The highest BCUT2D eigenvalue weighted by atomic mass is 32.2. The predicted octanol–water partition coefficient (Wildman–Crippen LogP) is 1.88. The summed E-state index contributed by atoms with van der Waals surface area (Å²) in [5, 5.41) is 11.0. The van der Waals surface area contributed by atoms with E-state index in [9.17, 15) is 27.6 Å². The second kappa shape index (κ2) is 16.2. The Hall–Kier alpha value is -3.23. The standard InChI is InChI=1S/C30H46N6O7S/c1-22(37)43-18-14-30(2,3)29(40)33-32-21-35-16-12-24(13-17-35)20-31-27(38)26-11-8-15-36(26)28(39)25(34-44(4,41)42)19-23-9-6-5-7-10-23/h5-7,9-10,24-26,34H,8,11-21H2,1-4H3,(H,31,38)/t25-,26+/m1/s1. The molecule has 0 unspecified atom stereocenters. The van der Waals surface area contributed by atoms with E-state index < -0.39 is 33.4 Å². The van der Waals surface area contributed by atoms with Crippen LogP contribution in [0.4, 0.5) is 0 Å². The average Bonchev–Trinajstić information content (AvgIpc) is 3.45. The summed E-state index contributed by atoms with van der Waals surface area (Å²) >= 11 is 0. The molecule has 244 valence electrons. The van der Waals surface area contributed by atoms with Crippen LogP contribution in [0.2, 0.25) is 0 Å². The van der Waals surface area contributed by atoms with E-state index in [1.165, 1.54) is 11.8 Å². The minimum absolute atomic E-state index is 0.151. The van der Waals surface area contributed by atoms with Crippen LogP contribution >= 0.6 is 0 Å². The van der Waals surface area contributed by atoms with Gasteiger partial charge in [-0.1, -0.05) is 44.2 Å². The van der Waals surface area contributed by atoms with E-state index in [1.54, 1.807) is 13.8 Å². The molecule has 0 spiro atoms. The number of benzene rings is 1. The number of ether oxygens (including phenoxy) is 1. The first-order valence-electron chi connectivity index (χ1n) is 15.1. The molecule has 2 aliphatic heterocycles. The molecule has 1 aromatic rings. The lowest BCUT2D eigenvalue weighted by atomic mass is 9.89. The lowest BCUT2D eigenvalue weighted by Gasteiger charge is -2.32. The van der Waals surface area contributed by atoms with Crippen LogP contribution < -0.4 is 10.0 Å². The highest BCUT2D eigenvalue weighted by molar-refractivity contribution is 7.88. The van der Waals surface area contributed by atoms with Crippen molar-refractivity contribution in [3.63, 3.8) is 0 Å². The van der Waals surface area contributed by atoms with Crippen molar-refractivity contribution in [3.05, 3.63) is 35.9 Å². The van der Waals surface area contributed by atoms with Gasteiger partial charge in [-0.2, -0.15) is 5.11 Å². The topological polar surface area (TPSA) is 167 Å². The molecule has 0 radical (unpaired) electrons. The number of piperidine rings is 1. The first-order chi connectivity index (χ1) is 20.7. The summed E-state index contributed by atoms with van der Waals surface area (Å²) in [6, 6.07) is 7.55. The molecule has 2 heterocycles. The van der Waals surface area contributed by atoms with Crippen molar-refractivity contribution < 1.29 is 32.3 Å². The number of sulfonamides is 1. The van der Waals surface area contributed by atoms with Gasteiger partial charge >= 0.3 is 5.97 Å². The van der Waals surface area contributed by atoms with Crippen molar-refractivity contribution in [2.45, 2.75) is 71.4 Å². The molecule has 0 saturated carbocycles. The van der Waals surface area contributed by atoms with Gasteiger partial charge in [0.2, 0.25) is 21.8 Å². The van der Waals surface area contributed by atoms with Gasteiger partial charge in [0.25, 0.3) is 5.91 Å². The number of azo groups is 1. The molecule has 13 nitrogen and oxygen atoms in total. The first-order valence-corrected chi connectivity index (χ1v) is 17.0. The second-order valence-corrected chi connectivity index (χ2v) is 14.1. The van der Waals surface area contributed by atoms with Gasteiger partial charge in [0.1, 0.15) is 18.8 Å². The zero-order valence-corrected chi connectivity index (χ0v) is 27.0. The Morgan fingerprint density at radius 1 is 1.07 bits per heavy atom. The van der Waals surface area contributed by atoms with E-state index in [0.29, 0.717) is 39.0 Å². The fraction of sp³-hybridized carbons (Fsp3) is 0.667. The van der Waals surface area contributed by atoms with E-state index in [2.05, 4.69) is 25.2 Å². The number of hydrogen-bond acceptors (Lipinski definition) is 9. The normalized spacial score (nSPS) is 19.2. The third-order valence-electron chi connectivity index (χ3n) is 8.08. The van der Waals surface area contributed by atoms with Crippen molar-refractivity contribution in [3.8, 4) is 0 Å². The Kier molecular flexibility index (Phi) is 13.0. The summed E-state index contributed by atoms with van der Waals surface area (Å²) in [5.74, 6) is -1.11. The van der Waals surface area contributed by atoms with Crippen molar-refractivity contribution >= 4 is 33.7 Å². The summed E-state index contributed by atoms with van der Waals surface area (Å²) in [5.41, 5.74) is 0.0400. The number of rotatable bonds is 14. The molecule has 3 rings (SSSR count). The number of esters is 1. The van der Waals surface area contributed by atoms with Gasteiger partial charge in [-0.15, -0.1) is 5.11 Å². The molecule has 1 aromatic carbocycles. The van der Waals surface area contributed by atoms with Crippen LogP contribution in [0.3, 0.4) is 0 Å². The third kappa shape index (κ3) is 11.4. The molecule has 2 atom stereocenters. The molecule has 3 amide bonds. The Labute approximate surface area is 260 Å². The number of carbonyl (C=O) groups is 4. The minimum Gasteiger partial charge on any atom is -0.466 e. The Morgan fingerprint density at radius 3 is 2.39 bits per heavy atom. The smallest absolute Gasteiger partial charge is 0.302 e. The monoisotopic (exact) mass is 634 g/mol. The lowest BCUT2D eigenvalue weighted by molar-refractivity contribution is -0.143. The molecular weight excluding hydrogens is 588 g/mol. The molecule has 44 heavy (non-hydrogen) atoms. The largest absolute Gasteiger partial charge is 0.466 e. The number of nitrogens with one attached hydrogen (secondary N) is 2. The molecule has 14 heteroatoms. The van der Waals surface area contributed by atoms with Gasteiger partial charge in [-0.05, 0) is 50.0 Å². The van der Waals surface area contributed by atoms with Gasteiger partial charge in [0.15, 0.2) is 0 Å². The van der Waals surface area contributed by atoms with Crippen LogP contribution in [-0.4, -0.2) is 99.7 Å². The maximum atomic E-state index is 13.5. The molecule has 0 bridgehead atoms. The van der Waals surface area contributed by atoms with Crippen molar-refractivity contribution in [2.24, 2.45) is 21.6 Å². The van der Waals surface area contributed by atoms with E-state index in [-0.39, 0.29) is 36.7 Å². The molecular formula is C30H46N6O7S. The fourth-order valence-corrected chi connectivity index (χ4v) is 6.06. The molecule has 0 aromatic heterocycles. The van der Waals surface area contributed by atoms with Crippen LogP contribution in [0.25, 0.3) is 0 Å². The van der Waals surface area contributed by atoms with Gasteiger partial charge in [0, 0.05) is 33.1 Å². The molecule has 2 aliphatic rings. The lowest BCUT2D eigenvalue weighted by Crippen LogP contribution is -2.54. The quantitative estimate of drug-likeness (QED) is 0.231. The molecule has 2 N–H and O–H groups in total. The number of likely N-dealkylation sites (tertiary alicyclic amines) is 2. The van der Waals surface area contributed by atoms with Crippen LogP contribution in [0, 0.1) is 11.3 Å². The van der Waals surface area contributed by atoms with E-state index in [0.717, 1.165) is 37.8 Å². The predicted molar refractivity (Wildman–Crippen MR) is 164 cm³/mol. The zero-order valence-electron chi connectivity index (χ0n) is 26.2.